The highest BCUT2D eigenvalue weighted by Gasteiger charge is 2.31. The van der Waals surface area contributed by atoms with Crippen LogP contribution in [0.25, 0.3) is 0 Å². The molecule has 0 aromatic heterocycles. The van der Waals surface area contributed by atoms with Gasteiger partial charge in [0.15, 0.2) is 0 Å². The van der Waals surface area contributed by atoms with E-state index in [1.165, 1.54) is 0 Å². The Hall–Kier alpha value is -4.11. The van der Waals surface area contributed by atoms with E-state index in [4.69, 9.17) is 19.9 Å². The second-order valence-corrected chi connectivity index (χ2v) is 7.39. The van der Waals surface area contributed by atoms with Crippen LogP contribution in [0.15, 0.2) is 78.2 Å². The second-order valence-electron chi connectivity index (χ2n) is 7.39. The van der Waals surface area contributed by atoms with Gasteiger partial charge in [-0.3, -0.25) is 0 Å². The van der Waals surface area contributed by atoms with Crippen molar-refractivity contribution in [3.8, 4) is 29.1 Å². The molecule has 1 aliphatic rings. The van der Waals surface area contributed by atoms with Gasteiger partial charge in [-0.25, -0.2) is 0 Å². The third-order valence-electron chi connectivity index (χ3n) is 5.21. The smallest absolute Gasteiger partial charge is 0.205 e. The van der Waals surface area contributed by atoms with E-state index in [1.807, 2.05) is 85.7 Å². The van der Waals surface area contributed by atoms with Crippen molar-refractivity contribution in [3.63, 3.8) is 0 Å². The molecule has 31 heavy (non-hydrogen) atoms. The van der Waals surface area contributed by atoms with Crippen LogP contribution >= 0.6 is 0 Å². The fourth-order valence-electron chi connectivity index (χ4n) is 3.60. The van der Waals surface area contributed by atoms with E-state index in [2.05, 4.69) is 6.07 Å². The molecule has 0 saturated carbocycles. The zero-order chi connectivity index (χ0) is 22.0. The number of methoxy groups -OCH3 is 1. The first kappa shape index (κ1) is 20.2. The van der Waals surface area contributed by atoms with Crippen molar-refractivity contribution in [2.75, 3.05) is 26.1 Å². The molecule has 1 unspecified atom stereocenters. The Bertz CT molecular complexity index is 1180. The Balaban J connectivity index is 1.72. The van der Waals surface area contributed by atoms with Crippen LogP contribution in [0.3, 0.4) is 0 Å². The molecule has 156 valence electrons. The molecule has 0 amide bonds. The number of nitrogens with zero attached hydrogens (tertiary/aromatic N) is 2. The van der Waals surface area contributed by atoms with Gasteiger partial charge in [-0.2, -0.15) is 5.26 Å². The highest BCUT2D eigenvalue weighted by molar-refractivity contribution is 5.61. The minimum Gasteiger partial charge on any atom is -0.497 e. The van der Waals surface area contributed by atoms with Crippen LogP contribution in [-0.4, -0.2) is 21.2 Å². The summed E-state index contributed by atoms with van der Waals surface area (Å²) in [7, 11) is 5.54. The van der Waals surface area contributed by atoms with Crippen molar-refractivity contribution in [1.82, 2.24) is 0 Å². The lowest BCUT2D eigenvalue weighted by Crippen LogP contribution is -2.21. The maximum Gasteiger partial charge on any atom is 0.205 e. The summed E-state index contributed by atoms with van der Waals surface area (Å²) in [5.74, 6) is 2.54. The highest BCUT2D eigenvalue weighted by Crippen LogP contribution is 2.44. The number of hydrogen-bond donors (Lipinski definition) is 1. The SMILES string of the molecule is COc1ccc(Oc2cccc(C3C(C#N)=C(N)Oc4cc(N(C)C)ccc43)c2)cc1. The molecule has 6 heteroatoms. The number of ether oxygens (including phenoxy) is 3. The molecule has 6 nitrogen and oxygen atoms in total. The maximum atomic E-state index is 9.80. The quantitative estimate of drug-likeness (QED) is 0.649. The average molecular weight is 413 g/mol. The minimum atomic E-state index is -0.343. The molecule has 3 aromatic carbocycles. The summed E-state index contributed by atoms with van der Waals surface area (Å²) in [6.07, 6.45) is 0. The van der Waals surface area contributed by atoms with Crippen LogP contribution < -0.4 is 24.8 Å². The Morgan fingerprint density at radius 1 is 0.968 bits per heavy atom. The lowest BCUT2D eigenvalue weighted by Gasteiger charge is -2.28. The molecule has 0 fully saturated rings. The van der Waals surface area contributed by atoms with E-state index in [0.717, 1.165) is 22.6 Å². The molecular formula is C25H23N3O3. The first-order valence-corrected chi connectivity index (χ1v) is 9.81. The molecule has 3 aromatic rings. The lowest BCUT2D eigenvalue weighted by molar-refractivity contribution is 0.393. The van der Waals surface area contributed by atoms with E-state index in [0.29, 0.717) is 22.8 Å². The van der Waals surface area contributed by atoms with Crippen molar-refractivity contribution >= 4 is 5.69 Å². The van der Waals surface area contributed by atoms with Crippen molar-refractivity contribution < 1.29 is 14.2 Å². The standard InChI is InChI=1S/C25H23N3O3/c1-28(2)17-7-12-21-23(14-17)31-25(27)22(15-26)24(21)16-5-4-6-20(13-16)30-19-10-8-18(29-3)9-11-19/h4-14,24H,27H2,1-3H3. The summed E-state index contributed by atoms with van der Waals surface area (Å²) < 4.78 is 17.0. The monoisotopic (exact) mass is 413 g/mol. The zero-order valence-corrected chi connectivity index (χ0v) is 17.6. The third kappa shape index (κ3) is 3.99. The summed E-state index contributed by atoms with van der Waals surface area (Å²) in [4.78, 5) is 1.99. The first-order valence-electron chi connectivity index (χ1n) is 9.81. The highest BCUT2D eigenvalue weighted by atomic mass is 16.5. The number of allylic oxidation sites excluding steroid dienone is 1. The van der Waals surface area contributed by atoms with Crippen LogP contribution in [-0.2, 0) is 0 Å². The van der Waals surface area contributed by atoms with Crippen LogP contribution in [0.1, 0.15) is 17.0 Å². The van der Waals surface area contributed by atoms with E-state index in [-0.39, 0.29) is 11.8 Å². The fourth-order valence-corrected chi connectivity index (χ4v) is 3.60. The predicted molar refractivity (Wildman–Crippen MR) is 120 cm³/mol. The number of fused-ring (bicyclic) bond motifs is 1. The molecule has 0 aliphatic carbocycles. The molecule has 0 bridgehead atoms. The van der Waals surface area contributed by atoms with Gasteiger partial charge in [0.05, 0.1) is 13.0 Å². The molecule has 1 atom stereocenters. The zero-order valence-electron chi connectivity index (χ0n) is 17.6. The van der Waals surface area contributed by atoms with Gasteiger partial charge in [0.25, 0.3) is 0 Å². The predicted octanol–water partition coefficient (Wildman–Crippen LogP) is 4.77. The summed E-state index contributed by atoms with van der Waals surface area (Å²) in [5, 5.41) is 9.80. The van der Waals surface area contributed by atoms with E-state index in [1.54, 1.807) is 7.11 Å². The molecular weight excluding hydrogens is 390 g/mol. The number of benzene rings is 3. The normalized spacial score (nSPS) is 14.8. The number of nitriles is 1. The van der Waals surface area contributed by atoms with E-state index < -0.39 is 0 Å². The van der Waals surface area contributed by atoms with Crippen molar-refractivity contribution in [2.45, 2.75) is 5.92 Å². The summed E-state index contributed by atoms with van der Waals surface area (Å²) in [6, 6.07) is 23.2. The molecule has 0 radical (unpaired) electrons. The van der Waals surface area contributed by atoms with Gasteiger partial charge in [0.1, 0.15) is 34.6 Å². The van der Waals surface area contributed by atoms with Gasteiger partial charge in [0, 0.05) is 31.4 Å². The summed E-state index contributed by atoms with van der Waals surface area (Å²) >= 11 is 0. The van der Waals surface area contributed by atoms with Crippen LogP contribution in [0.2, 0.25) is 0 Å². The van der Waals surface area contributed by atoms with Gasteiger partial charge in [-0.15, -0.1) is 0 Å². The van der Waals surface area contributed by atoms with Gasteiger partial charge < -0.3 is 24.8 Å². The Kier molecular flexibility index (Phi) is 5.42. The van der Waals surface area contributed by atoms with Crippen LogP contribution in [0, 0.1) is 11.3 Å². The molecule has 0 saturated heterocycles. The van der Waals surface area contributed by atoms with Crippen molar-refractivity contribution in [2.24, 2.45) is 5.73 Å². The largest absolute Gasteiger partial charge is 0.497 e. The third-order valence-corrected chi connectivity index (χ3v) is 5.21. The summed E-state index contributed by atoms with van der Waals surface area (Å²) in [5.41, 5.74) is 9.28. The molecule has 0 spiro atoms. The maximum absolute atomic E-state index is 9.80. The average Bonchev–Trinajstić information content (AvgIpc) is 2.78. The topological polar surface area (TPSA) is 80.7 Å². The van der Waals surface area contributed by atoms with Crippen molar-refractivity contribution in [1.29, 1.82) is 5.26 Å². The second kappa shape index (κ2) is 8.33. The van der Waals surface area contributed by atoms with Gasteiger partial charge in [-0.1, -0.05) is 18.2 Å². The van der Waals surface area contributed by atoms with E-state index >= 15 is 0 Å². The number of hydrogen-bond acceptors (Lipinski definition) is 6. The van der Waals surface area contributed by atoms with Crippen molar-refractivity contribution in [3.05, 3.63) is 89.3 Å². The Morgan fingerprint density at radius 3 is 2.39 bits per heavy atom. The van der Waals surface area contributed by atoms with Gasteiger partial charge >= 0.3 is 0 Å². The Morgan fingerprint density at radius 2 is 1.71 bits per heavy atom. The fraction of sp³-hybridized carbons (Fsp3) is 0.160. The number of nitrogens with two attached hydrogens (primary N) is 1. The molecule has 2 N–H and O–H groups in total. The first-order chi connectivity index (χ1) is 15.0. The van der Waals surface area contributed by atoms with Crippen LogP contribution in [0.5, 0.6) is 23.0 Å². The Labute approximate surface area is 181 Å². The van der Waals surface area contributed by atoms with Crippen LogP contribution in [0.4, 0.5) is 5.69 Å². The number of rotatable bonds is 5. The molecule has 1 aliphatic heterocycles. The lowest BCUT2D eigenvalue weighted by atomic mass is 9.83. The number of anilines is 1. The minimum absolute atomic E-state index is 0.123. The van der Waals surface area contributed by atoms with Gasteiger partial charge in [-0.05, 0) is 48.0 Å². The summed E-state index contributed by atoms with van der Waals surface area (Å²) in [6.45, 7) is 0. The van der Waals surface area contributed by atoms with Gasteiger partial charge in [0.2, 0.25) is 5.88 Å². The van der Waals surface area contributed by atoms with E-state index in [9.17, 15) is 5.26 Å². The molecule has 4 rings (SSSR count). The molecule has 1 heterocycles.